The summed E-state index contributed by atoms with van der Waals surface area (Å²) in [5, 5.41) is 7.12. The number of carbonyl (C=O) groups is 2. The molecule has 11 heteroatoms. The number of methoxy groups -OCH3 is 1. The molecule has 3 aromatic carbocycles. The lowest BCUT2D eigenvalue weighted by atomic mass is 9.86. The number of sulfonamides is 1. The number of nitrogens with one attached hydrogen (secondary N) is 3. The van der Waals surface area contributed by atoms with Crippen LogP contribution < -0.4 is 20.1 Å². The molecule has 220 valence electrons. The summed E-state index contributed by atoms with van der Waals surface area (Å²) in [5.41, 5.74) is 2.03. The molecule has 0 aliphatic carbocycles. The van der Waals surface area contributed by atoms with E-state index in [-0.39, 0.29) is 35.0 Å². The maximum atomic E-state index is 13.5. The van der Waals surface area contributed by atoms with Crippen LogP contribution in [0.15, 0.2) is 48.5 Å². The summed E-state index contributed by atoms with van der Waals surface area (Å²) in [7, 11) is -2.21. The Morgan fingerprint density at radius 1 is 0.927 bits per heavy atom. The van der Waals surface area contributed by atoms with E-state index < -0.39 is 16.1 Å². The Morgan fingerprint density at radius 3 is 2.10 bits per heavy atom. The summed E-state index contributed by atoms with van der Waals surface area (Å²) >= 11 is 0. The normalized spacial score (nSPS) is 17.7. The second kappa shape index (κ2) is 11.6. The smallest absolute Gasteiger partial charge is 0.323 e. The quantitative estimate of drug-likeness (QED) is 0.357. The van der Waals surface area contributed by atoms with Crippen LogP contribution in [0.3, 0.4) is 0 Å². The molecule has 0 spiro atoms. The van der Waals surface area contributed by atoms with Crippen molar-refractivity contribution < 1.29 is 27.5 Å². The van der Waals surface area contributed by atoms with E-state index in [0.717, 1.165) is 11.8 Å². The standard InChI is InChI=1S/C30H38N4O6S/c1-18-16-34(17-19(2)40-18)28(35)23-12-13-24(22-11-9-8-10-21(22)23)31-29(36)32-25-14-20(30(3,4)5)15-26(27(25)39-6)33-41(7,37)38/h8-15,18-19,33H,16-17H2,1-7H3,(H2,31,32,36)/t18-,19-/m0/s1. The van der Waals surface area contributed by atoms with Crippen LogP contribution in [0, 0.1) is 0 Å². The highest BCUT2D eigenvalue weighted by Gasteiger charge is 2.28. The van der Waals surface area contributed by atoms with Gasteiger partial charge in [-0.2, -0.15) is 0 Å². The average molecular weight is 583 g/mol. The van der Waals surface area contributed by atoms with Crippen LogP contribution in [0.1, 0.15) is 50.5 Å². The number of urea groups is 1. The fraction of sp³-hybridized carbons (Fsp3) is 0.400. The van der Waals surface area contributed by atoms with Gasteiger partial charge in [-0.1, -0.05) is 45.0 Å². The fourth-order valence-electron chi connectivity index (χ4n) is 5.03. The molecule has 10 nitrogen and oxygen atoms in total. The molecular formula is C30H38N4O6S. The average Bonchev–Trinajstić information content (AvgIpc) is 2.86. The van der Waals surface area contributed by atoms with Crippen LogP contribution in [0.25, 0.3) is 10.8 Å². The molecule has 3 N–H and O–H groups in total. The van der Waals surface area contributed by atoms with Crippen molar-refractivity contribution in [3.8, 4) is 5.75 Å². The third-order valence-corrected chi connectivity index (χ3v) is 7.40. The lowest BCUT2D eigenvalue weighted by molar-refractivity contribution is -0.0585. The molecule has 41 heavy (non-hydrogen) atoms. The lowest BCUT2D eigenvalue weighted by Gasteiger charge is -2.35. The molecule has 2 atom stereocenters. The van der Waals surface area contributed by atoms with Crippen molar-refractivity contribution in [2.75, 3.05) is 41.8 Å². The lowest BCUT2D eigenvalue weighted by Crippen LogP contribution is -2.48. The van der Waals surface area contributed by atoms with Crippen molar-refractivity contribution in [3.05, 3.63) is 59.7 Å². The highest BCUT2D eigenvalue weighted by Crippen LogP contribution is 2.39. The number of benzene rings is 3. The number of rotatable bonds is 6. The summed E-state index contributed by atoms with van der Waals surface area (Å²) in [5.74, 6) is 0.0900. The molecule has 0 aromatic heterocycles. The Kier molecular flexibility index (Phi) is 8.51. The van der Waals surface area contributed by atoms with Crippen LogP contribution in [-0.4, -0.2) is 63.9 Å². The minimum Gasteiger partial charge on any atom is -0.492 e. The van der Waals surface area contributed by atoms with Gasteiger partial charge in [0.25, 0.3) is 5.91 Å². The van der Waals surface area contributed by atoms with E-state index in [0.29, 0.717) is 40.8 Å². The van der Waals surface area contributed by atoms with Gasteiger partial charge in [0, 0.05) is 24.0 Å². The van der Waals surface area contributed by atoms with Crippen LogP contribution in [0.2, 0.25) is 0 Å². The van der Waals surface area contributed by atoms with Crippen LogP contribution in [0.5, 0.6) is 5.75 Å². The molecule has 1 saturated heterocycles. The molecule has 1 heterocycles. The van der Waals surface area contributed by atoms with Gasteiger partial charge in [0.05, 0.1) is 42.6 Å². The van der Waals surface area contributed by atoms with Gasteiger partial charge in [-0.25, -0.2) is 13.2 Å². The second-order valence-electron chi connectivity index (χ2n) is 11.5. The SMILES string of the molecule is COc1c(NC(=O)Nc2ccc(C(=O)N3C[C@H](C)O[C@@H](C)C3)c3ccccc23)cc(C(C)(C)C)cc1NS(C)(=O)=O. The van der Waals surface area contributed by atoms with Crippen LogP contribution >= 0.6 is 0 Å². The number of ether oxygens (including phenoxy) is 2. The van der Waals surface area contributed by atoms with Crippen molar-refractivity contribution in [1.29, 1.82) is 0 Å². The molecule has 1 aliphatic rings. The number of fused-ring (bicyclic) bond motifs is 1. The second-order valence-corrected chi connectivity index (χ2v) is 13.2. The molecule has 0 radical (unpaired) electrons. The summed E-state index contributed by atoms with van der Waals surface area (Å²) in [6.07, 6.45) is 0.941. The maximum Gasteiger partial charge on any atom is 0.323 e. The van der Waals surface area contributed by atoms with E-state index in [2.05, 4.69) is 15.4 Å². The van der Waals surface area contributed by atoms with Gasteiger partial charge < -0.3 is 25.0 Å². The van der Waals surface area contributed by atoms with Gasteiger partial charge in [-0.05, 0) is 54.5 Å². The van der Waals surface area contributed by atoms with E-state index in [1.165, 1.54) is 7.11 Å². The predicted molar refractivity (Wildman–Crippen MR) is 163 cm³/mol. The number of hydrogen-bond acceptors (Lipinski definition) is 6. The van der Waals surface area contributed by atoms with Gasteiger partial charge >= 0.3 is 6.03 Å². The van der Waals surface area contributed by atoms with E-state index in [1.807, 2.05) is 58.9 Å². The van der Waals surface area contributed by atoms with Gasteiger partial charge in [0.2, 0.25) is 10.0 Å². The Bertz CT molecular complexity index is 1570. The minimum absolute atomic E-state index is 0.0551. The summed E-state index contributed by atoms with van der Waals surface area (Å²) in [4.78, 5) is 28.6. The highest BCUT2D eigenvalue weighted by atomic mass is 32.2. The first kappa shape index (κ1) is 30.1. The Labute approximate surface area is 241 Å². The number of nitrogens with zero attached hydrogens (tertiary/aromatic N) is 1. The molecule has 1 aliphatic heterocycles. The van der Waals surface area contributed by atoms with Crippen molar-refractivity contribution in [3.63, 3.8) is 0 Å². The molecular weight excluding hydrogens is 544 g/mol. The Balaban J connectivity index is 1.65. The van der Waals surface area contributed by atoms with Crippen molar-refractivity contribution in [1.82, 2.24) is 4.90 Å². The fourth-order valence-corrected chi connectivity index (χ4v) is 5.59. The third kappa shape index (κ3) is 7.09. The first-order valence-electron chi connectivity index (χ1n) is 13.4. The van der Waals surface area contributed by atoms with E-state index in [4.69, 9.17) is 9.47 Å². The molecule has 0 saturated carbocycles. The van der Waals surface area contributed by atoms with Gasteiger partial charge in [0.15, 0.2) is 5.75 Å². The largest absolute Gasteiger partial charge is 0.492 e. The van der Waals surface area contributed by atoms with E-state index in [9.17, 15) is 18.0 Å². The molecule has 1 fully saturated rings. The number of amides is 3. The maximum absolute atomic E-state index is 13.5. The summed E-state index contributed by atoms with van der Waals surface area (Å²) in [6, 6.07) is 13.7. The molecule has 3 amide bonds. The third-order valence-electron chi connectivity index (χ3n) is 6.81. The van der Waals surface area contributed by atoms with Crippen molar-refractivity contribution >= 4 is 49.8 Å². The highest BCUT2D eigenvalue weighted by molar-refractivity contribution is 7.92. The van der Waals surface area contributed by atoms with Crippen LogP contribution in [0.4, 0.5) is 21.9 Å². The molecule has 4 rings (SSSR count). The van der Waals surface area contributed by atoms with Gasteiger partial charge in [-0.15, -0.1) is 0 Å². The Hall–Kier alpha value is -3.83. The molecule has 0 bridgehead atoms. The zero-order valence-corrected chi connectivity index (χ0v) is 25.3. The number of anilines is 3. The molecule has 3 aromatic rings. The summed E-state index contributed by atoms with van der Waals surface area (Å²) in [6.45, 7) is 10.9. The first-order chi connectivity index (χ1) is 19.2. The van der Waals surface area contributed by atoms with Crippen LogP contribution in [-0.2, 0) is 20.2 Å². The van der Waals surface area contributed by atoms with Gasteiger partial charge in [0.1, 0.15) is 0 Å². The Morgan fingerprint density at radius 2 is 1.51 bits per heavy atom. The minimum atomic E-state index is -3.61. The van der Waals surface area contributed by atoms with Crippen molar-refractivity contribution in [2.24, 2.45) is 0 Å². The zero-order valence-electron chi connectivity index (χ0n) is 24.5. The number of carbonyl (C=O) groups excluding carboxylic acids is 2. The number of hydrogen-bond donors (Lipinski definition) is 3. The van der Waals surface area contributed by atoms with E-state index in [1.54, 1.807) is 29.2 Å². The van der Waals surface area contributed by atoms with Gasteiger partial charge in [-0.3, -0.25) is 9.52 Å². The monoisotopic (exact) mass is 582 g/mol. The topological polar surface area (TPSA) is 126 Å². The van der Waals surface area contributed by atoms with Crippen molar-refractivity contribution in [2.45, 2.75) is 52.2 Å². The number of morpholine rings is 1. The summed E-state index contributed by atoms with van der Waals surface area (Å²) < 4.78 is 37.8. The zero-order chi connectivity index (χ0) is 30.1. The van der Waals surface area contributed by atoms with E-state index >= 15 is 0 Å². The molecule has 0 unspecified atom stereocenters. The predicted octanol–water partition coefficient (Wildman–Crippen LogP) is 5.41. The first-order valence-corrected chi connectivity index (χ1v) is 15.3.